The summed E-state index contributed by atoms with van der Waals surface area (Å²) in [5.74, 6) is 0.546. The van der Waals surface area contributed by atoms with Gasteiger partial charge in [0.15, 0.2) is 0 Å². The molecule has 0 bridgehead atoms. The van der Waals surface area contributed by atoms with Crippen LogP contribution in [0.4, 0.5) is 0 Å². The van der Waals surface area contributed by atoms with Crippen LogP contribution in [-0.4, -0.2) is 18.4 Å². The molecule has 0 aliphatic heterocycles. The van der Waals surface area contributed by atoms with Crippen molar-refractivity contribution in [2.24, 2.45) is 0 Å². The third kappa shape index (κ3) is 2.04. The van der Waals surface area contributed by atoms with Gasteiger partial charge in [-0.05, 0) is 5.56 Å². The van der Waals surface area contributed by atoms with Crippen LogP contribution in [0.3, 0.4) is 0 Å². The number of pyridine rings is 1. The molecule has 1 aromatic rings. The summed E-state index contributed by atoms with van der Waals surface area (Å²) in [4.78, 5) is 14.0. The summed E-state index contributed by atoms with van der Waals surface area (Å²) < 4.78 is 4.87. The van der Waals surface area contributed by atoms with Gasteiger partial charge in [-0.1, -0.05) is 22.0 Å². The largest absolute Gasteiger partial charge is 0.481 e. The van der Waals surface area contributed by atoms with Crippen LogP contribution in [0.2, 0.25) is 0 Å². The van der Waals surface area contributed by atoms with Gasteiger partial charge in [0.05, 0.1) is 11.9 Å². The van der Waals surface area contributed by atoms with Gasteiger partial charge in [-0.3, -0.25) is 0 Å². The van der Waals surface area contributed by atoms with Crippen LogP contribution in [0, 0.1) is 0 Å². The summed E-state index contributed by atoms with van der Waals surface area (Å²) in [6.45, 7) is 0. The number of methoxy groups -OCH3 is 1. The van der Waals surface area contributed by atoms with E-state index in [4.69, 9.17) is 4.74 Å². The second-order valence-electron chi connectivity index (χ2n) is 2.17. The van der Waals surface area contributed by atoms with E-state index in [-0.39, 0.29) is 4.83 Å². The quantitative estimate of drug-likeness (QED) is 0.586. The van der Waals surface area contributed by atoms with E-state index in [1.165, 1.54) is 0 Å². The van der Waals surface area contributed by atoms with Gasteiger partial charge < -0.3 is 9.53 Å². The molecule has 0 radical (unpaired) electrons. The average molecular weight is 230 g/mol. The Morgan fingerprint density at radius 3 is 2.83 bits per heavy atom. The van der Waals surface area contributed by atoms with Crippen molar-refractivity contribution in [1.29, 1.82) is 0 Å². The lowest BCUT2D eigenvalue weighted by molar-refractivity contribution is -0.107. The van der Waals surface area contributed by atoms with Gasteiger partial charge >= 0.3 is 0 Å². The number of hydrogen-bond acceptors (Lipinski definition) is 3. The SMILES string of the molecule is COc1ccc([C@H](Br)C=O)cn1. The first kappa shape index (κ1) is 9.19. The molecule has 12 heavy (non-hydrogen) atoms. The summed E-state index contributed by atoms with van der Waals surface area (Å²) >= 11 is 3.18. The number of aromatic nitrogens is 1. The van der Waals surface area contributed by atoms with Crippen LogP contribution in [0.15, 0.2) is 18.3 Å². The fraction of sp³-hybridized carbons (Fsp3) is 0.250. The van der Waals surface area contributed by atoms with Gasteiger partial charge in [-0.2, -0.15) is 0 Å². The molecule has 4 heteroatoms. The lowest BCUT2D eigenvalue weighted by Crippen LogP contribution is -1.93. The molecule has 0 amide bonds. The fourth-order valence-corrected chi connectivity index (χ4v) is 1.03. The fourth-order valence-electron chi connectivity index (χ4n) is 0.754. The molecule has 0 aliphatic carbocycles. The summed E-state index contributed by atoms with van der Waals surface area (Å²) in [5.41, 5.74) is 0.825. The van der Waals surface area contributed by atoms with E-state index < -0.39 is 0 Å². The molecular weight excluding hydrogens is 222 g/mol. The lowest BCUT2D eigenvalue weighted by Gasteiger charge is -2.02. The topological polar surface area (TPSA) is 39.2 Å². The molecule has 0 N–H and O–H groups in total. The van der Waals surface area contributed by atoms with Crippen molar-refractivity contribution in [3.8, 4) is 5.88 Å². The Balaban J connectivity index is 2.84. The Bertz CT molecular complexity index is 260. The van der Waals surface area contributed by atoms with E-state index in [0.29, 0.717) is 5.88 Å². The van der Waals surface area contributed by atoms with Crippen molar-refractivity contribution >= 4 is 22.2 Å². The van der Waals surface area contributed by atoms with E-state index in [0.717, 1.165) is 11.8 Å². The third-order valence-electron chi connectivity index (χ3n) is 1.41. The van der Waals surface area contributed by atoms with Gasteiger partial charge in [0.25, 0.3) is 0 Å². The summed E-state index contributed by atoms with van der Waals surface area (Å²) in [7, 11) is 1.55. The van der Waals surface area contributed by atoms with Gasteiger partial charge in [-0.15, -0.1) is 0 Å². The Morgan fingerprint density at radius 1 is 1.67 bits per heavy atom. The number of halogens is 1. The van der Waals surface area contributed by atoms with Crippen LogP contribution in [0.1, 0.15) is 10.4 Å². The molecule has 3 nitrogen and oxygen atoms in total. The first-order valence-corrected chi connectivity index (χ1v) is 4.29. The maximum Gasteiger partial charge on any atom is 0.212 e. The van der Waals surface area contributed by atoms with Crippen molar-refractivity contribution in [1.82, 2.24) is 4.98 Å². The molecule has 0 fully saturated rings. The molecule has 1 rings (SSSR count). The van der Waals surface area contributed by atoms with Gasteiger partial charge in [0.2, 0.25) is 5.88 Å². The Morgan fingerprint density at radius 2 is 2.42 bits per heavy atom. The van der Waals surface area contributed by atoms with E-state index in [1.807, 2.05) is 0 Å². The minimum absolute atomic E-state index is 0.282. The highest BCUT2D eigenvalue weighted by Gasteiger charge is 2.05. The zero-order valence-corrected chi connectivity index (χ0v) is 8.11. The average Bonchev–Trinajstić information content (AvgIpc) is 2.17. The monoisotopic (exact) mass is 229 g/mol. The number of aldehydes is 1. The minimum Gasteiger partial charge on any atom is -0.481 e. The van der Waals surface area contributed by atoms with E-state index in [2.05, 4.69) is 20.9 Å². The van der Waals surface area contributed by atoms with Crippen LogP contribution < -0.4 is 4.74 Å². The molecule has 0 aliphatic rings. The van der Waals surface area contributed by atoms with E-state index in [1.54, 1.807) is 25.4 Å². The predicted octanol–water partition coefficient (Wildman–Crippen LogP) is 1.73. The molecule has 1 aromatic heterocycles. The Kier molecular flexibility index (Phi) is 3.22. The molecule has 0 spiro atoms. The van der Waals surface area contributed by atoms with Gasteiger partial charge in [0, 0.05) is 12.3 Å². The highest BCUT2D eigenvalue weighted by molar-refractivity contribution is 9.09. The van der Waals surface area contributed by atoms with Crippen molar-refractivity contribution < 1.29 is 9.53 Å². The minimum atomic E-state index is -0.282. The van der Waals surface area contributed by atoms with Gasteiger partial charge in [0.1, 0.15) is 6.29 Å². The second-order valence-corrected chi connectivity index (χ2v) is 3.16. The summed E-state index contributed by atoms with van der Waals surface area (Å²) in [6, 6.07) is 3.51. The standard InChI is InChI=1S/C8H8BrNO2/c1-12-8-3-2-6(4-10-8)7(9)5-11/h2-5,7H,1H3/t7-/m1/s1. The first-order valence-electron chi connectivity index (χ1n) is 3.37. The Labute approximate surface area is 78.9 Å². The molecule has 0 saturated heterocycles. The number of ether oxygens (including phenoxy) is 1. The van der Waals surface area contributed by atoms with E-state index >= 15 is 0 Å². The smallest absolute Gasteiger partial charge is 0.212 e. The number of carbonyl (C=O) groups excluding carboxylic acids is 1. The number of nitrogens with zero attached hydrogens (tertiary/aromatic N) is 1. The number of hydrogen-bond donors (Lipinski definition) is 0. The molecule has 0 saturated carbocycles. The Hall–Kier alpha value is -0.900. The van der Waals surface area contributed by atoms with Gasteiger partial charge in [-0.25, -0.2) is 4.98 Å². The molecule has 1 atom stereocenters. The normalized spacial score (nSPS) is 12.2. The zero-order valence-electron chi connectivity index (χ0n) is 6.53. The lowest BCUT2D eigenvalue weighted by atomic mass is 10.2. The van der Waals surface area contributed by atoms with Crippen LogP contribution in [0.25, 0.3) is 0 Å². The molecule has 0 unspecified atom stereocenters. The highest BCUT2D eigenvalue weighted by atomic mass is 79.9. The van der Waals surface area contributed by atoms with Crippen molar-refractivity contribution in [2.45, 2.75) is 4.83 Å². The van der Waals surface area contributed by atoms with Crippen LogP contribution in [-0.2, 0) is 4.79 Å². The zero-order chi connectivity index (χ0) is 8.97. The first-order chi connectivity index (χ1) is 5.77. The van der Waals surface area contributed by atoms with Crippen LogP contribution >= 0.6 is 15.9 Å². The number of rotatable bonds is 3. The summed E-state index contributed by atoms with van der Waals surface area (Å²) in [5, 5.41) is 0. The highest BCUT2D eigenvalue weighted by Crippen LogP contribution is 2.20. The molecule has 1 heterocycles. The van der Waals surface area contributed by atoms with Crippen molar-refractivity contribution in [3.63, 3.8) is 0 Å². The maximum atomic E-state index is 10.4. The predicted molar refractivity (Wildman–Crippen MR) is 48.5 cm³/mol. The molecule has 64 valence electrons. The van der Waals surface area contributed by atoms with Crippen molar-refractivity contribution in [2.75, 3.05) is 7.11 Å². The molecule has 0 aromatic carbocycles. The molecular formula is C8H8BrNO2. The van der Waals surface area contributed by atoms with Crippen LogP contribution in [0.5, 0.6) is 5.88 Å². The third-order valence-corrected chi connectivity index (χ3v) is 2.15. The van der Waals surface area contributed by atoms with Crippen molar-refractivity contribution in [3.05, 3.63) is 23.9 Å². The van der Waals surface area contributed by atoms with E-state index in [9.17, 15) is 4.79 Å². The maximum absolute atomic E-state index is 10.4. The second kappa shape index (κ2) is 4.21. The summed E-state index contributed by atoms with van der Waals surface area (Å²) in [6.07, 6.45) is 2.41. The number of carbonyl (C=O) groups is 1. The number of alkyl halides is 1.